The van der Waals surface area contributed by atoms with E-state index in [1.807, 2.05) is 13.0 Å². The summed E-state index contributed by atoms with van der Waals surface area (Å²) in [5.74, 6) is 1.20. The molecule has 8 heteroatoms. The normalized spacial score (nSPS) is 20.4. The molecule has 0 aliphatic carbocycles. The molecule has 2 aromatic rings. The Morgan fingerprint density at radius 2 is 2.12 bits per heavy atom. The summed E-state index contributed by atoms with van der Waals surface area (Å²) in [5, 5.41) is 7.98. The molecule has 0 radical (unpaired) electrons. The third-order valence-electron chi connectivity index (χ3n) is 4.70. The molecule has 0 spiro atoms. The molecule has 0 unspecified atom stereocenters. The van der Waals surface area contributed by atoms with Gasteiger partial charge in [0.15, 0.2) is 0 Å². The van der Waals surface area contributed by atoms with E-state index in [1.54, 1.807) is 24.3 Å². The first kappa shape index (κ1) is 17.2. The molecular formula is C18H21N3O4S. The predicted octanol–water partition coefficient (Wildman–Crippen LogP) is 1.95. The molecule has 1 fully saturated rings. The van der Waals surface area contributed by atoms with Crippen LogP contribution in [0.4, 0.5) is 0 Å². The number of aromatic nitrogens is 2. The molecule has 2 aliphatic heterocycles. The van der Waals surface area contributed by atoms with Crippen LogP contribution in [0.2, 0.25) is 0 Å². The van der Waals surface area contributed by atoms with Gasteiger partial charge in [0.25, 0.3) is 0 Å². The Balaban J connectivity index is 1.50. The van der Waals surface area contributed by atoms with E-state index in [1.165, 1.54) is 4.31 Å². The minimum atomic E-state index is -3.55. The first-order valence-electron chi connectivity index (χ1n) is 8.75. The van der Waals surface area contributed by atoms with Crippen molar-refractivity contribution in [3.8, 4) is 11.6 Å². The molecule has 7 nitrogen and oxygen atoms in total. The van der Waals surface area contributed by atoms with E-state index in [4.69, 9.17) is 9.47 Å². The quantitative estimate of drug-likeness (QED) is 0.812. The van der Waals surface area contributed by atoms with Crippen molar-refractivity contribution in [2.24, 2.45) is 0 Å². The number of fused-ring (bicyclic) bond motifs is 1. The van der Waals surface area contributed by atoms with E-state index in [9.17, 15) is 8.42 Å². The molecule has 1 atom stereocenters. The summed E-state index contributed by atoms with van der Waals surface area (Å²) >= 11 is 0. The van der Waals surface area contributed by atoms with E-state index in [0.717, 1.165) is 36.3 Å². The molecule has 0 saturated carbocycles. The Kier molecular flexibility index (Phi) is 4.54. The van der Waals surface area contributed by atoms with Crippen LogP contribution >= 0.6 is 0 Å². The van der Waals surface area contributed by atoms with Crippen LogP contribution in [0.25, 0.3) is 0 Å². The van der Waals surface area contributed by atoms with Crippen LogP contribution in [0.1, 0.15) is 24.1 Å². The van der Waals surface area contributed by atoms with Crippen LogP contribution < -0.4 is 9.47 Å². The van der Waals surface area contributed by atoms with Gasteiger partial charge in [-0.2, -0.15) is 9.40 Å². The van der Waals surface area contributed by atoms with Crippen molar-refractivity contribution in [2.45, 2.75) is 37.2 Å². The van der Waals surface area contributed by atoms with E-state index in [2.05, 4.69) is 10.2 Å². The molecule has 1 aromatic heterocycles. The summed E-state index contributed by atoms with van der Waals surface area (Å²) in [6.45, 7) is 3.27. The second-order valence-electron chi connectivity index (χ2n) is 6.63. The van der Waals surface area contributed by atoms with Gasteiger partial charge in [0.2, 0.25) is 15.9 Å². The average molecular weight is 375 g/mol. The summed E-state index contributed by atoms with van der Waals surface area (Å²) in [6, 6.07) is 8.68. The molecule has 3 heterocycles. The standard InChI is InChI=1S/C18H21N3O4S/c1-13-4-7-18(20-19-13)25-15-3-2-9-21(12-15)26(22,23)16-5-6-17-14(11-16)8-10-24-17/h4-7,11,15H,2-3,8-10,12H2,1H3/t15-/m0/s1. The van der Waals surface area contributed by atoms with Crippen molar-refractivity contribution in [3.05, 3.63) is 41.6 Å². The zero-order valence-electron chi connectivity index (χ0n) is 14.6. The maximum absolute atomic E-state index is 13.0. The molecule has 26 heavy (non-hydrogen) atoms. The molecule has 4 rings (SSSR count). The topological polar surface area (TPSA) is 81.6 Å². The summed E-state index contributed by atoms with van der Waals surface area (Å²) in [7, 11) is -3.55. The van der Waals surface area contributed by atoms with Crippen LogP contribution in [0.3, 0.4) is 0 Å². The van der Waals surface area contributed by atoms with Crippen LogP contribution in [0.15, 0.2) is 35.2 Å². The number of benzene rings is 1. The SMILES string of the molecule is Cc1ccc(O[C@H]2CCCN(S(=O)(=O)c3ccc4c(c3)CCO4)C2)nn1. The number of nitrogens with zero attached hydrogens (tertiary/aromatic N) is 3. The van der Waals surface area contributed by atoms with Gasteiger partial charge in [0.1, 0.15) is 11.9 Å². The van der Waals surface area contributed by atoms with Crippen molar-refractivity contribution in [3.63, 3.8) is 0 Å². The van der Waals surface area contributed by atoms with Gasteiger partial charge < -0.3 is 9.47 Å². The highest BCUT2D eigenvalue weighted by Gasteiger charge is 2.32. The first-order chi connectivity index (χ1) is 12.5. The van der Waals surface area contributed by atoms with Gasteiger partial charge in [0.05, 0.1) is 23.7 Å². The summed E-state index contributed by atoms with van der Waals surface area (Å²) in [4.78, 5) is 0.317. The van der Waals surface area contributed by atoms with E-state index in [-0.39, 0.29) is 6.10 Å². The van der Waals surface area contributed by atoms with Crippen molar-refractivity contribution in [2.75, 3.05) is 19.7 Å². The van der Waals surface area contributed by atoms with Crippen molar-refractivity contribution in [1.82, 2.24) is 14.5 Å². The third-order valence-corrected chi connectivity index (χ3v) is 6.56. The lowest BCUT2D eigenvalue weighted by molar-refractivity contribution is 0.123. The minimum absolute atomic E-state index is 0.228. The molecule has 0 bridgehead atoms. The summed E-state index contributed by atoms with van der Waals surface area (Å²) < 4.78 is 38.9. The molecule has 1 aromatic carbocycles. The van der Waals surface area contributed by atoms with Crippen LogP contribution in [-0.4, -0.2) is 48.7 Å². The predicted molar refractivity (Wildman–Crippen MR) is 94.8 cm³/mol. The average Bonchev–Trinajstić information content (AvgIpc) is 3.12. The number of sulfonamides is 1. The molecule has 0 N–H and O–H groups in total. The lowest BCUT2D eigenvalue weighted by atomic mass is 10.1. The number of ether oxygens (including phenoxy) is 2. The Bertz CT molecular complexity index is 899. The lowest BCUT2D eigenvalue weighted by Crippen LogP contribution is -2.44. The lowest BCUT2D eigenvalue weighted by Gasteiger charge is -2.31. The van der Waals surface area contributed by atoms with E-state index < -0.39 is 10.0 Å². The molecule has 138 valence electrons. The first-order valence-corrected chi connectivity index (χ1v) is 10.2. The fourth-order valence-corrected chi connectivity index (χ4v) is 4.87. The summed E-state index contributed by atoms with van der Waals surface area (Å²) in [5.41, 5.74) is 1.76. The second-order valence-corrected chi connectivity index (χ2v) is 8.56. The minimum Gasteiger partial charge on any atom is -0.493 e. The van der Waals surface area contributed by atoms with Gasteiger partial charge in [-0.05, 0) is 49.6 Å². The maximum atomic E-state index is 13.0. The second kappa shape index (κ2) is 6.85. The Morgan fingerprint density at radius 1 is 1.23 bits per heavy atom. The highest BCUT2D eigenvalue weighted by Crippen LogP contribution is 2.30. The Morgan fingerprint density at radius 3 is 2.92 bits per heavy atom. The Hall–Kier alpha value is -2.19. The number of hydrogen-bond acceptors (Lipinski definition) is 6. The van der Waals surface area contributed by atoms with Gasteiger partial charge >= 0.3 is 0 Å². The molecular weight excluding hydrogens is 354 g/mol. The van der Waals surface area contributed by atoms with Crippen molar-refractivity contribution in [1.29, 1.82) is 0 Å². The van der Waals surface area contributed by atoms with Gasteiger partial charge in [-0.25, -0.2) is 8.42 Å². The number of piperidine rings is 1. The Labute approximate surface area is 153 Å². The highest BCUT2D eigenvalue weighted by atomic mass is 32.2. The maximum Gasteiger partial charge on any atom is 0.243 e. The van der Waals surface area contributed by atoms with Crippen molar-refractivity contribution < 1.29 is 17.9 Å². The van der Waals surface area contributed by atoms with E-state index in [0.29, 0.717) is 30.5 Å². The van der Waals surface area contributed by atoms with Gasteiger partial charge in [0, 0.05) is 19.0 Å². The van der Waals surface area contributed by atoms with Crippen LogP contribution in [0.5, 0.6) is 11.6 Å². The molecule has 0 amide bonds. The molecule has 2 aliphatic rings. The van der Waals surface area contributed by atoms with E-state index >= 15 is 0 Å². The number of rotatable bonds is 4. The fraction of sp³-hybridized carbons (Fsp3) is 0.444. The molecule has 1 saturated heterocycles. The zero-order chi connectivity index (χ0) is 18.1. The van der Waals surface area contributed by atoms with Gasteiger partial charge in [-0.15, -0.1) is 5.10 Å². The van der Waals surface area contributed by atoms with Crippen LogP contribution in [0, 0.1) is 6.92 Å². The fourth-order valence-electron chi connectivity index (χ4n) is 3.31. The van der Waals surface area contributed by atoms with Crippen molar-refractivity contribution >= 4 is 10.0 Å². The van der Waals surface area contributed by atoms with Gasteiger partial charge in [-0.3, -0.25) is 0 Å². The number of hydrogen-bond donors (Lipinski definition) is 0. The highest BCUT2D eigenvalue weighted by molar-refractivity contribution is 7.89. The van der Waals surface area contributed by atoms with Crippen LogP contribution in [-0.2, 0) is 16.4 Å². The van der Waals surface area contributed by atoms with Gasteiger partial charge in [-0.1, -0.05) is 0 Å². The monoisotopic (exact) mass is 375 g/mol. The zero-order valence-corrected chi connectivity index (χ0v) is 15.4. The number of aryl methyl sites for hydroxylation is 1. The summed E-state index contributed by atoms with van der Waals surface area (Å²) in [6.07, 6.45) is 2.06. The largest absolute Gasteiger partial charge is 0.493 e. The smallest absolute Gasteiger partial charge is 0.243 e. The third kappa shape index (κ3) is 3.39.